The van der Waals surface area contributed by atoms with Crippen molar-refractivity contribution in [3.05, 3.63) is 70.5 Å². The van der Waals surface area contributed by atoms with Crippen molar-refractivity contribution in [2.75, 3.05) is 26.2 Å². The second-order valence-corrected chi connectivity index (χ2v) is 7.54. The Balaban J connectivity index is 1.35. The summed E-state index contributed by atoms with van der Waals surface area (Å²) in [5.41, 5.74) is 1.19. The van der Waals surface area contributed by atoms with Crippen molar-refractivity contribution in [3.63, 3.8) is 0 Å². The monoisotopic (exact) mass is 386 g/mol. The van der Waals surface area contributed by atoms with Crippen LogP contribution in [-0.2, 0) is 4.79 Å². The Morgan fingerprint density at radius 3 is 2.33 bits per heavy atom. The Kier molecular flexibility index (Phi) is 4.87. The molecule has 0 aromatic heterocycles. The van der Waals surface area contributed by atoms with Gasteiger partial charge in [-0.2, -0.15) is 0 Å². The summed E-state index contributed by atoms with van der Waals surface area (Å²) >= 11 is 5.88. The van der Waals surface area contributed by atoms with E-state index >= 15 is 0 Å². The van der Waals surface area contributed by atoms with Crippen molar-refractivity contribution >= 4 is 23.4 Å². The summed E-state index contributed by atoms with van der Waals surface area (Å²) in [6, 6.07) is 14.1. The lowest BCUT2D eigenvalue weighted by molar-refractivity contribution is -0.134. The Bertz CT molecular complexity index is 866. The van der Waals surface area contributed by atoms with Crippen molar-refractivity contribution in [1.29, 1.82) is 0 Å². The number of carbonyl (C=O) groups is 2. The summed E-state index contributed by atoms with van der Waals surface area (Å²) in [7, 11) is 0. The van der Waals surface area contributed by atoms with Gasteiger partial charge in [-0.3, -0.25) is 9.59 Å². The number of hydrogen-bond acceptors (Lipinski definition) is 2. The largest absolute Gasteiger partial charge is 0.339 e. The van der Waals surface area contributed by atoms with Crippen LogP contribution in [0.4, 0.5) is 4.39 Å². The van der Waals surface area contributed by atoms with Crippen LogP contribution in [-0.4, -0.2) is 47.8 Å². The van der Waals surface area contributed by atoms with Crippen molar-refractivity contribution in [3.8, 4) is 0 Å². The lowest BCUT2D eigenvalue weighted by Gasteiger charge is -2.35. The van der Waals surface area contributed by atoms with E-state index in [4.69, 9.17) is 11.6 Å². The summed E-state index contributed by atoms with van der Waals surface area (Å²) in [6.45, 7) is 1.76. The van der Waals surface area contributed by atoms with Gasteiger partial charge in [0.25, 0.3) is 5.91 Å². The first kappa shape index (κ1) is 18.0. The molecule has 0 N–H and O–H groups in total. The van der Waals surface area contributed by atoms with Crippen molar-refractivity contribution in [2.24, 2.45) is 5.92 Å². The van der Waals surface area contributed by atoms with E-state index in [0.717, 1.165) is 6.42 Å². The van der Waals surface area contributed by atoms with Crippen LogP contribution in [0.2, 0.25) is 5.02 Å². The Morgan fingerprint density at radius 1 is 0.963 bits per heavy atom. The third-order valence-electron chi connectivity index (χ3n) is 5.37. The topological polar surface area (TPSA) is 40.6 Å². The summed E-state index contributed by atoms with van der Waals surface area (Å²) in [6.07, 6.45) is 0.885. The molecule has 1 aliphatic carbocycles. The Labute approximate surface area is 162 Å². The number of amides is 2. The van der Waals surface area contributed by atoms with Crippen molar-refractivity contribution in [2.45, 2.75) is 12.3 Å². The molecule has 0 spiro atoms. The zero-order valence-corrected chi connectivity index (χ0v) is 15.5. The molecular formula is C21H20ClFN2O2. The smallest absolute Gasteiger partial charge is 0.257 e. The van der Waals surface area contributed by atoms with Gasteiger partial charge in [0.1, 0.15) is 5.82 Å². The standard InChI is InChI=1S/C21H20ClFN2O2/c22-15-6-7-19(23)18(12-15)21(27)25-10-8-24(9-11-25)20(26)17-13-16(17)14-4-2-1-3-5-14/h1-7,12,16-17H,8-11,13H2/t16-,17+/m1/s1. The fourth-order valence-corrected chi connectivity index (χ4v) is 3.90. The molecule has 0 bridgehead atoms. The van der Waals surface area contributed by atoms with Crippen LogP contribution in [0.25, 0.3) is 0 Å². The molecule has 1 heterocycles. The number of benzene rings is 2. The lowest BCUT2D eigenvalue weighted by atomic mass is 10.1. The summed E-state index contributed by atoms with van der Waals surface area (Å²) < 4.78 is 13.9. The molecule has 1 saturated heterocycles. The van der Waals surface area contributed by atoms with Crippen LogP contribution in [0.1, 0.15) is 28.3 Å². The normalized spacial score (nSPS) is 21.9. The molecule has 1 aliphatic heterocycles. The predicted octanol–water partition coefficient (Wildman–Crippen LogP) is 3.57. The maximum atomic E-state index is 13.9. The minimum absolute atomic E-state index is 0.0198. The predicted molar refractivity (Wildman–Crippen MR) is 101 cm³/mol. The Hall–Kier alpha value is -2.40. The summed E-state index contributed by atoms with van der Waals surface area (Å²) in [4.78, 5) is 28.7. The highest BCUT2D eigenvalue weighted by atomic mass is 35.5. The fraction of sp³-hybridized carbons (Fsp3) is 0.333. The molecule has 27 heavy (non-hydrogen) atoms. The molecule has 2 amide bonds. The van der Waals surface area contributed by atoms with Gasteiger partial charge in [-0.25, -0.2) is 4.39 Å². The molecule has 4 rings (SSSR count). The van der Waals surface area contributed by atoms with E-state index in [0.29, 0.717) is 37.1 Å². The zero-order chi connectivity index (χ0) is 19.0. The van der Waals surface area contributed by atoms with E-state index in [2.05, 4.69) is 12.1 Å². The number of carbonyl (C=O) groups excluding carboxylic acids is 2. The SMILES string of the molecule is O=C(c1cc(Cl)ccc1F)N1CCN(C(=O)[C@H]2C[C@@H]2c2ccccc2)CC1. The number of piperazine rings is 1. The highest BCUT2D eigenvalue weighted by molar-refractivity contribution is 6.31. The lowest BCUT2D eigenvalue weighted by Crippen LogP contribution is -2.51. The van der Waals surface area contributed by atoms with Gasteiger partial charge < -0.3 is 9.80 Å². The number of hydrogen-bond donors (Lipinski definition) is 0. The van der Waals surface area contributed by atoms with E-state index in [-0.39, 0.29) is 23.3 Å². The first-order chi connectivity index (χ1) is 13.0. The highest BCUT2D eigenvalue weighted by Crippen LogP contribution is 2.48. The van der Waals surface area contributed by atoms with Gasteiger partial charge in [0.15, 0.2) is 0 Å². The van der Waals surface area contributed by atoms with Gasteiger partial charge >= 0.3 is 0 Å². The van der Waals surface area contributed by atoms with Gasteiger partial charge in [-0.1, -0.05) is 41.9 Å². The first-order valence-electron chi connectivity index (χ1n) is 9.12. The van der Waals surface area contributed by atoms with E-state index in [1.165, 1.54) is 23.8 Å². The quantitative estimate of drug-likeness (QED) is 0.809. The van der Waals surface area contributed by atoms with E-state index in [9.17, 15) is 14.0 Å². The molecule has 6 heteroatoms. The average molecular weight is 387 g/mol. The molecule has 2 aliphatic rings. The molecule has 2 atom stereocenters. The second kappa shape index (κ2) is 7.31. The van der Waals surface area contributed by atoms with Crippen molar-refractivity contribution < 1.29 is 14.0 Å². The molecule has 0 unspecified atom stereocenters. The third-order valence-corrected chi connectivity index (χ3v) is 5.61. The summed E-state index contributed by atoms with van der Waals surface area (Å²) in [5.74, 6) is -0.453. The van der Waals surface area contributed by atoms with Gasteiger partial charge in [0, 0.05) is 37.1 Å². The van der Waals surface area contributed by atoms with Crippen LogP contribution >= 0.6 is 11.6 Å². The third kappa shape index (κ3) is 3.69. The van der Waals surface area contributed by atoms with Crippen LogP contribution in [0.15, 0.2) is 48.5 Å². The van der Waals surface area contributed by atoms with Crippen molar-refractivity contribution in [1.82, 2.24) is 9.80 Å². The molecule has 4 nitrogen and oxygen atoms in total. The van der Waals surface area contributed by atoms with Crippen LogP contribution in [0.3, 0.4) is 0 Å². The van der Waals surface area contributed by atoms with Crippen LogP contribution in [0.5, 0.6) is 0 Å². The van der Waals surface area contributed by atoms with Crippen LogP contribution in [0, 0.1) is 11.7 Å². The first-order valence-corrected chi connectivity index (χ1v) is 9.50. The Morgan fingerprint density at radius 2 is 1.63 bits per heavy atom. The van der Waals surface area contributed by atoms with E-state index < -0.39 is 5.82 Å². The summed E-state index contributed by atoms with van der Waals surface area (Å²) in [5, 5.41) is 0.328. The van der Waals surface area contributed by atoms with Gasteiger partial charge in [0.05, 0.1) is 5.56 Å². The zero-order valence-electron chi connectivity index (χ0n) is 14.8. The average Bonchev–Trinajstić information content (AvgIpc) is 3.50. The minimum atomic E-state index is -0.577. The minimum Gasteiger partial charge on any atom is -0.339 e. The maximum Gasteiger partial charge on any atom is 0.257 e. The molecule has 2 fully saturated rings. The van der Waals surface area contributed by atoms with Gasteiger partial charge in [0.2, 0.25) is 5.91 Å². The number of halogens is 2. The number of rotatable bonds is 3. The second-order valence-electron chi connectivity index (χ2n) is 7.10. The molecule has 140 valence electrons. The van der Waals surface area contributed by atoms with Gasteiger partial charge in [-0.15, -0.1) is 0 Å². The molecule has 1 saturated carbocycles. The molecular weight excluding hydrogens is 367 g/mol. The molecule has 0 radical (unpaired) electrons. The fourth-order valence-electron chi connectivity index (χ4n) is 3.73. The highest BCUT2D eigenvalue weighted by Gasteiger charge is 2.46. The van der Waals surface area contributed by atoms with Gasteiger partial charge in [-0.05, 0) is 36.1 Å². The van der Waals surface area contributed by atoms with E-state index in [1.54, 1.807) is 4.90 Å². The van der Waals surface area contributed by atoms with E-state index in [1.807, 2.05) is 23.1 Å². The van der Waals surface area contributed by atoms with Crippen LogP contribution < -0.4 is 0 Å². The molecule has 2 aromatic carbocycles. The maximum absolute atomic E-state index is 13.9. The number of nitrogens with zero attached hydrogens (tertiary/aromatic N) is 2. The molecule has 2 aromatic rings.